The number of amides is 7. The minimum Gasteiger partial charge on any atom is -0.481 e. The first-order chi connectivity index (χ1) is 24.4. The summed E-state index contributed by atoms with van der Waals surface area (Å²) in [5, 5.41) is 58.4. The van der Waals surface area contributed by atoms with E-state index in [2.05, 4.69) is 31.9 Å². The third-order valence-electron chi connectivity index (χ3n) is 7.53. The van der Waals surface area contributed by atoms with Crippen molar-refractivity contribution in [2.75, 3.05) is 32.8 Å². The van der Waals surface area contributed by atoms with Crippen molar-refractivity contribution in [2.45, 2.75) is 81.2 Å². The molecule has 0 saturated carbocycles. The highest BCUT2D eigenvalue weighted by molar-refractivity contribution is 5.97. The quantitative estimate of drug-likeness (QED) is 0.0262. The van der Waals surface area contributed by atoms with E-state index in [9.17, 15) is 58.5 Å². The van der Waals surface area contributed by atoms with Crippen LogP contribution in [0.5, 0.6) is 0 Å². The molecule has 7 amide bonds. The van der Waals surface area contributed by atoms with Gasteiger partial charge in [0.15, 0.2) is 5.96 Å². The molecular weight excluding hydrogens is 698 g/mol. The number of primary amides is 1. The second-order valence-corrected chi connectivity index (χ2v) is 11.6. The Balaban J connectivity index is 2.83. The average molecular weight is 746 g/mol. The number of aliphatic hydroxyl groups is 2. The molecule has 1 fully saturated rings. The summed E-state index contributed by atoms with van der Waals surface area (Å²) in [7, 11) is 0. The molecule has 24 nitrogen and oxygen atoms in total. The number of aliphatic hydroxyl groups excluding tert-OH is 2. The molecule has 6 atom stereocenters. The highest BCUT2D eigenvalue weighted by atomic mass is 16.4. The Kier molecular flexibility index (Phi) is 19.0. The number of likely N-dealkylation sites (tertiary alicyclic amines) is 1. The zero-order chi connectivity index (χ0) is 39.5. The van der Waals surface area contributed by atoms with Crippen LogP contribution in [0.4, 0.5) is 0 Å². The van der Waals surface area contributed by atoms with Crippen molar-refractivity contribution in [1.29, 1.82) is 5.41 Å². The lowest BCUT2D eigenvalue weighted by Gasteiger charge is -2.26. The Morgan fingerprint density at radius 3 is 1.88 bits per heavy atom. The van der Waals surface area contributed by atoms with Crippen molar-refractivity contribution in [1.82, 2.24) is 36.8 Å². The van der Waals surface area contributed by atoms with Crippen LogP contribution in [0.1, 0.15) is 44.9 Å². The zero-order valence-corrected chi connectivity index (χ0v) is 28.1. The number of carboxylic acids is 2. The Morgan fingerprint density at radius 1 is 0.788 bits per heavy atom. The topological polar surface area (TPSA) is 412 Å². The van der Waals surface area contributed by atoms with E-state index in [-0.39, 0.29) is 38.3 Å². The normalized spacial score (nSPS) is 16.5. The third-order valence-corrected chi connectivity index (χ3v) is 7.53. The van der Waals surface area contributed by atoms with Crippen molar-refractivity contribution >= 4 is 59.2 Å². The summed E-state index contributed by atoms with van der Waals surface area (Å²) < 4.78 is 0. The van der Waals surface area contributed by atoms with Gasteiger partial charge in [-0.1, -0.05) is 0 Å². The van der Waals surface area contributed by atoms with Crippen LogP contribution in [0.3, 0.4) is 0 Å². The maximum absolute atomic E-state index is 12.9. The van der Waals surface area contributed by atoms with Gasteiger partial charge >= 0.3 is 11.9 Å². The van der Waals surface area contributed by atoms with Crippen molar-refractivity contribution in [3.05, 3.63) is 0 Å². The average Bonchev–Trinajstić information content (AvgIpc) is 3.57. The molecule has 0 aromatic heterocycles. The van der Waals surface area contributed by atoms with Crippen molar-refractivity contribution < 1.29 is 63.6 Å². The van der Waals surface area contributed by atoms with Gasteiger partial charge in [-0.05, 0) is 32.1 Å². The lowest BCUT2D eigenvalue weighted by atomic mass is 10.1. The number of carboxylic acid groups (broad SMARTS) is 2. The first kappa shape index (κ1) is 44.4. The Morgan fingerprint density at radius 2 is 1.35 bits per heavy atom. The highest BCUT2D eigenvalue weighted by Crippen LogP contribution is 2.18. The van der Waals surface area contributed by atoms with E-state index < -0.39 is 129 Å². The molecule has 0 spiro atoms. The van der Waals surface area contributed by atoms with Crippen LogP contribution in [-0.2, 0) is 43.2 Å². The number of nitrogens with two attached hydrogens (primary N) is 3. The summed E-state index contributed by atoms with van der Waals surface area (Å²) in [5.41, 5.74) is 15.9. The van der Waals surface area contributed by atoms with Gasteiger partial charge in [-0.3, -0.25) is 43.8 Å². The van der Waals surface area contributed by atoms with Gasteiger partial charge in [-0.2, -0.15) is 0 Å². The van der Waals surface area contributed by atoms with E-state index in [1.54, 1.807) is 0 Å². The number of aliphatic carboxylic acids is 2. The van der Waals surface area contributed by atoms with Gasteiger partial charge in [0, 0.05) is 19.5 Å². The number of hydrogen-bond donors (Lipinski definition) is 14. The van der Waals surface area contributed by atoms with E-state index in [0.29, 0.717) is 6.42 Å². The molecule has 0 aromatic rings. The molecular formula is C28H47N11O13. The fourth-order valence-electron chi connectivity index (χ4n) is 4.88. The van der Waals surface area contributed by atoms with Crippen LogP contribution >= 0.6 is 0 Å². The molecule has 0 aromatic carbocycles. The van der Waals surface area contributed by atoms with Gasteiger partial charge in [0.25, 0.3) is 0 Å². The minimum atomic E-state index is -1.81. The molecule has 0 unspecified atom stereocenters. The van der Waals surface area contributed by atoms with Crippen LogP contribution in [0, 0.1) is 5.41 Å². The standard InChI is InChI=1S/C28H47N11O13/c29-13(9-19(30)42)26(50)39-8-2-4-18(39)25(49)34-10-20(43)35-16(11-40)23(47)38-17(12-41)24(48)36-14(5-6-21(44)45)22(46)37-15(27(51)52)3-1-7-33-28(31)32/h13-18,40-41H,1-12,29H2,(H2,30,42)(H,34,49)(H,35,43)(H,36,48)(H,37,46)(H,38,47)(H,44,45)(H,51,52)(H4,31,32,33)/t13-,14-,15-,16-,17-,18-/m0/s1. The van der Waals surface area contributed by atoms with E-state index in [1.165, 1.54) is 0 Å². The number of carbonyl (C=O) groups excluding carboxylic acids is 7. The molecule has 52 heavy (non-hydrogen) atoms. The SMILES string of the molecule is N=C(N)NCCC[C@H](NC(=O)[C@H](CCC(=O)O)NC(=O)[C@H](CO)NC(=O)[C@H](CO)NC(=O)CNC(=O)[C@@H]1CCCN1C(=O)[C@@H](N)CC(N)=O)C(=O)O. The fourth-order valence-corrected chi connectivity index (χ4v) is 4.88. The van der Waals surface area contributed by atoms with Crippen LogP contribution in [-0.4, -0.2) is 154 Å². The number of nitrogens with zero attached hydrogens (tertiary/aromatic N) is 1. The molecule has 0 aliphatic carbocycles. The van der Waals surface area contributed by atoms with Gasteiger partial charge in [-0.15, -0.1) is 0 Å². The summed E-state index contributed by atoms with van der Waals surface area (Å²) >= 11 is 0. The molecule has 0 bridgehead atoms. The van der Waals surface area contributed by atoms with E-state index in [1.807, 2.05) is 0 Å². The predicted molar refractivity (Wildman–Crippen MR) is 175 cm³/mol. The molecule has 1 aliphatic heterocycles. The molecule has 17 N–H and O–H groups in total. The lowest BCUT2D eigenvalue weighted by molar-refractivity contribution is -0.143. The zero-order valence-electron chi connectivity index (χ0n) is 28.1. The minimum absolute atomic E-state index is 0.105. The van der Waals surface area contributed by atoms with Gasteiger partial charge in [0.05, 0.1) is 32.2 Å². The third kappa shape index (κ3) is 15.5. The van der Waals surface area contributed by atoms with Crippen LogP contribution in [0.25, 0.3) is 0 Å². The second-order valence-electron chi connectivity index (χ2n) is 11.6. The largest absolute Gasteiger partial charge is 0.481 e. The van der Waals surface area contributed by atoms with Gasteiger partial charge in [-0.25, -0.2) is 4.79 Å². The monoisotopic (exact) mass is 745 g/mol. The number of nitrogens with one attached hydrogen (secondary N) is 7. The van der Waals surface area contributed by atoms with Gasteiger partial charge < -0.3 is 74.4 Å². The Bertz CT molecular complexity index is 1350. The fraction of sp³-hybridized carbons (Fsp3) is 0.643. The maximum Gasteiger partial charge on any atom is 0.326 e. The maximum atomic E-state index is 12.9. The summed E-state index contributed by atoms with van der Waals surface area (Å²) in [6, 6.07) is -8.93. The van der Waals surface area contributed by atoms with Crippen LogP contribution in [0.2, 0.25) is 0 Å². The van der Waals surface area contributed by atoms with E-state index in [4.69, 9.17) is 27.7 Å². The van der Waals surface area contributed by atoms with E-state index in [0.717, 1.165) is 4.90 Å². The summed E-state index contributed by atoms with van der Waals surface area (Å²) in [5.74, 6) is -9.88. The molecule has 24 heteroatoms. The van der Waals surface area contributed by atoms with E-state index >= 15 is 0 Å². The molecule has 1 rings (SSSR count). The predicted octanol–water partition coefficient (Wildman–Crippen LogP) is -7.57. The first-order valence-corrected chi connectivity index (χ1v) is 16.0. The lowest BCUT2D eigenvalue weighted by Crippen LogP contribution is -2.59. The Hall–Kier alpha value is -5.62. The molecule has 292 valence electrons. The highest BCUT2D eigenvalue weighted by Gasteiger charge is 2.37. The van der Waals surface area contributed by atoms with Crippen LogP contribution in [0.15, 0.2) is 0 Å². The molecule has 0 radical (unpaired) electrons. The Labute approximate surface area is 296 Å². The molecule has 1 aliphatic rings. The number of guanidine groups is 1. The molecule has 1 saturated heterocycles. The summed E-state index contributed by atoms with van der Waals surface area (Å²) in [6.07, 6.45) is -0.945. The van der Waals surface area contributed by atoms with Crippen molar-refractivity contribution in [2.24, 2.45) is 17.2 Å². The van der Waals surface area contributed by atoms with Crippen molar-refractivity contribution in [3.63, 3.8) is 0 Å². The van der Waals surface area contributed by atoms with Gasteiger partial charge in [0.2, 0.25) is 41.4 Å². The first-order valence-electron chi connectivity index (χ1n) is 16.0. The number of hydrogen-bond acceptors (Lipinski definition) is 13. The smallest absolute Gasteiger partial charge is 0.326 e. The summed E-state index contributed by atoms with van der Waals surface area (Å²) in [4.78, 5) is 112. The molecule has 1 heterocycles. The van der Waals surface area contributed by atoms with Gasteiger partial charge in [0.1, 0.15) is 30.2 Å². The van der Waals surface area contributed by atoms with Crippen molar-refractivity contribution in [3.8, 4) is 0 Å². The number of rotatable bonds is 23. The summed E-state index contributed by atoms with van der Waals surface area (Å²) in [6.45, 7) is -2.54. The number of carbonyl (C=O) groups is 9. The van der Waals surface area contributed by atoms with Crippen LogP contribution < -0.4 is 49.1 Å². The second kappa shape index (κ2) is 22.3.